The van der Waals surface area contributed by atoms with Gasteiger partial charge in [-0.2, -0.15) is 0 Å². The molecular weight excluding hydrogens is 482 g/mol. The monoisotopic (exact) mass is 517 g/mol. The fraction of sp³-hybridized carbons (Fsp3) is 0.357. The number of nitrogens with zero attached hydrogens (tertiary/aromatic N) is 3. The first kappa shape index (κ1) is 26.9. The zero-order chi connectivity index (χ0) is 26.7. The minimum absolute atomic E-state index is 0.328. The highest BCUT2D eigenvalue weighted by atomic mass is 16.5. The molecule has 0 radical (unpaired) electrons. The third-order valence-electron chi connectivity index (χ3n) is 6.29. The molecule has 1 fully saturated rings. The van der Waals surface area contributed by atoms with Gasteiger partial charge in [0.1, 0.15) is 23.8 Å². The first-order chi connectivity index (χ1) is 18.5. The van der Waals surface area contributed by atoms with E-state index in [0.29, 0.717) is 48.3 Å². The molecule has 0 bridgehead atoms. The van der Waals surface area contributed by atoms with Crippen LogP contribution < -0.4 is 21.7 Å². The number of nitrogen functional groups attached to an aromatic ring is 1. The van der Waals surface area contributed by atoms with E-state index in [1.165, 1.54) is 19.3 Å². The molecule has 10 heteroatoms. The SMILES string of the molecule is CCNc1nc(-c2ccc(NC(=O)NCc3ccc(N)nc3)cc2)ccc1C(=O)OCCN1CCCCC1. The van der Waals surface area contributed by atoms with Gasteiger partial charge in [-0.05, 0) is 68.8 Å². The quantitative estimate of drug-likeness (QED) is 0.295. The molecule has 3 aromatic rings. The summed E-state index contributed by atoms with van der Waals surface area (Å²) in [6, 6.07) is 14.1. The maximum atomic E-state index is 12.8. The number of piperidine rings is 1. The number of nitrogens with one attached hydrogen (secondary N) is 3. The first-order valence-electron chi connectivity index (χ1n) is 13.0. The van der Waals surface area contributed by atoms with Crippen molar-refractivity contribution in [2.24, 2.45) is 0 Å². The number of carbonyl (C=O) groups excluding carboxylic acids is 2. The second-order valence-corrected chi connectivity index (χ2v) is 9.14. The molecule has 2 amide bonds. The number of carbonyl (C=O) groups is 2. The predicted molar refractivity (Wildman–Crippen MR) is 149 cm³/mol. The van der Waals surface area contributed by atoms with Crippen molar-refractivity contribution in [3.05, 3.63) is 65.9 Å². The molecular formula is C28H35N7O3. The lowest BCUT2D eigenvalue weighted by atomic mass is 10.1. The van der Waals surface area contributed by atoms with Crippen molar-refractivity contribution in [3.8, 4) is 11.3 Å². The number of aromatic nitrogens is 2. The highest BCUT2D eigenvalue weighted by Crippen LogP contribution is 2.24. The van der Waals surface area contributed by atoms with Crippen LogP contribution in [0.25, 0.3) is 11.3 Å². The van der Waals surface area contributed by atoms with E-state index in [4.69, 9.17) is 10.5 Å². The second-order valence-electron chi connectivity index (χ2n) is 9.14. The summed E-state index contributed by atoms with van der Waals surface area (Å²) in [5.74, 6) is 0.548. The fourth-order valence-electron chi connectivity index (χ4n) is 4.24. The van der Waals surface area contributed by atoms with Gasteiger partial charge in [0.15, 0.2) is 0 Å². The lowest BCUT2D eigenvalue weighted by Gasteiger charge is -2.25. The normalized spacial score (nSPS) is 13.5. The summed E-state index contributed by atoms with van der Waals surface area (Å²) in [6.45, 7) is 6.16. The lowest BCUT2D eigenvalue weighted by Crippen LogP contribution is -2.33. The summed E-state index contributed by atoms with van der Waals surface area (Å²) in [7, 11) is 0. The van der Waals surface area contributed by atoms with Gasteiger partial charge in [0.2, 0.25) is 0 Å². The van der Waals surface area contributed by atoms with Gasteiger partial charge < -0.3 is 26.4 Å². The van der Waals surface area contributed by atoms with Crippen LogP contribution in [0.15, 0.2) is 54.7 Å². The Labute approximate surface area is 223 Å². The molecule has 4 rings (SSSR count). The maximum Gasteiger partial charge on any atom is 0.341 e. The Morgan fingerprint density at radius 1 is 1.03 bits per heavy atom. The Balaban J connectivity index is 1.33. The van der Waals surface area contributed by atoms with Crippen LogP contribution in [-0.4, -0.2) is 59.7 Å². The minimum atomic E-state index is -0.377. The van der Waals surface area contributed by atoms with Crippen molar-refractivity contribution >= 4 is 29.3 Å². The van der Waals surface area contributed by atoms with Crippen LogP contribution in [0, 0.1) is 0 Å². The van der Waals surface area contributed by atoms with Crippen LogP contribution in [0.5, 0.6) is 0 Å². The summed E-state index contributed by atoms with van der Waals surface area (Å²) in [5, 5.41) is 8.77. The molecule has 1 aliphatic heterocycles. The Hall–Kier alpha value is -4.18. The lowest BCUT2D eigenvalue weighted by molar-refractivity contribution is 0.0453. The van der Waals surface area contributed by atoms with Crippen LogP contribution in [-0.2, 0) is 11.3 Å². The number of likely N-dealkylation sites (tertiary alicyclic amines) is 1. The number of urea groups is 1. The number of amides is 2. The Morgan fingerprint density at radius 2 is 1.82 bits per heavy atom. The Morgan fingerprint density at radius 3 is 2.53 bits per heavy atom. The number of anilines is 3. The van der Waals surface area contributed by atoms with Gasteiger partial charge in [0, 0.05) is 37.1 Å². The average Bonchev–Trinajstić information content (AvgIpc) is 2.94. The third kappa shape index (κ3) is 7.66. The van der Waals surface area contributed by atoms with Crippen molar-refractivity contribution in [1.82, 2.24) is 20.2 Å². The fourth-order valence-corrected chi connectivity index (χ4v) is 4.24. The van der Waals surface area contributed by atoms with Crippen molar-refractivity contribution in [3.63, 3.8) is 0 Å². The molecule has 1 saturated heterocycles. The summed E-state index contributed by atoms with van der Waals surface area (Å²) in [4.78, 5) is 36.0. The number of hydrogen-bond donors (Lipinski definition) is 4. The number of nitrogens with two attached hydrogens (primary N) is 1. The van der Waals surface area contributed by atoms with Crippen LogP contribution in [0.2, 0.25) is 0 Å². The molecule has 0 atom stereocenters. The van der Waals surface area contributed by atoms with Gasteiger partial charge in [-0.3, -0.25) is 4.90 Å². The number of ether oxygens (including phenoxy) is 1. The Kier molecular flexibility index (Phi) is 9.47. The topological polar surface area (TPSA) is 134 Å². The van der Waals surface area contributed by atoms with Gasteiger partial charge in [0.25, 0.3) is 0 Å². The number of pyridine rings is 2. The molecule has 1 aliphatic rings. The van der Waals surface area contributed by atoms with E-state index in [0.717, 1.165) is 30.8 Å². The summed E-state index contributed by atoms with van der Waals surface area (Å²) < 4.78 is 5.55. The maximum absolute atomic E-state index is 12.8. The molecule has 0 saturated carbocycles. The molecule has 10 nitrogen and oxygen atoms in total. The number of benzene rings is 1. The minimum Gasteiger partial charge on any atom is -0.461 e. The average molecular weight is 518 g/mol. The van der Waals surface area contributed by atoms with Crippen molar-refractivity contribution in [2.75, 3.05) is 49.2 Å². The molecule has 5 N–H and O–H groups in total. The standard InChI is InChI=1S/C28H35N7O3/c1-2-30-26-23(27(36)38-17-16-35-14-4-3-5-15-35)11-12-24(34-26)21-7-9-22(10-8-21)33-28(37)32-19-20-6-13-25(29)31-18-20/h6-13,18H,2-5,14-17,19H2,1H3,(H2,29,31)(H,30,34)(H2,32,33,37). The molecule has 0 aliphatic carbocycles. The van der Waals surface area contributed by atoms with Crippen molar-refractivity contribution < 1.29 is 14.3 Å². The zero-order valence-electron chi connectivity index (χ0n) is 21.7. The largest absolute Gasteiger partial charge is 0.461 e. The number of esters is 1. The second kappa shape index (κ2) is 13.4. The Bertz CT molecular complexity index is 1210. The third-order valence-corrected chi connectivity index (χ3v) is 6.29. The molecule has 200 valence electrons. The first-order valence-corrected chi connectivity index (χ1v) is 13.0. The molecule has 0 unspecified atom stereocenters. The molecule has 3 heterocycles. The molecule has 0 spiro atoms. The van der Waals surface area contributed by atoms with Gasteiger partial charge >= 0.3 is 12.0 Å². The smallest absolute Gasteiger partial charge is 0.341 e. The van der Waals surface area contributed by atoms with E-state index in [9.17, 15) is 9.59 Å². The van der Waals surface area contributed by atoms with Crippen molar-refractivity contribution in [2.45, 2.75) is 32.7 Å². The number of rotatable bonds is 10. The summed E-state index contributed by atoms with van der Waals surface area (Å²) >= 11 is 0. The van der Waals surface area contributed by atoms with Gasteiger partial charge in [-0.1, -0.05) is 24.6 Å². The molecule has 1 aromatic carbocycles. The van der Waals surface area contributed by atoms with Gasteiger partial charge in [-0.15, -0.1) is 0 Å². The summed E-state index contributed by atoms with van der Waals surface area (Å²) in [5.41, 5.74) is 9.05. The van der Waals surface area contributed by atoms with E-state index in [1.807, 2.05) is 25.1 Å². The van der Waals surface area contributed by atoms with E-state index in [1.54, 1.807) is 36.5 Å². The van der Waals surface area contributed by atoms with Crippen molar-refractivity contribution in [1.29, 1.82) is 0 Å². The molecule has 2 aromatic heterocycles. The van der Waals surface area contributed by atoms with Crippen LogP contribution in [0.3, 0.4) is 0 Å². The van der Waals surface area contributed by atoms with E-state index < -0.39 is 0 Å². The predicted octanol–water partition coefficient (Wildman–Crippen LogP) is 4.12. The van der Waals surface area contributed by atoms with Gasteiger partial charge in [-0.25, -0.2) is 19.6 Å². The highest BCUT2D eigenvalue weighted by molar-refractivity contribution is 5.95. The van der Waals surface area contributed by atoms with Crippen LogP contribution >= 0.6 is 0 Å². The van der Waals surface area contributed by atoms with Gasteiger partial charge in [0.05, 0.1) is 5.69 Å². The zero-order valence-corrected chi connectivity index (χ0v) is 21.7. The van der Waals surface area contributed by atoms with E-state index >= 15 is 0 Å². The molecule has 38 heavy (non-hydrogen) atoms. The van der Waals surface area contributed by atoms with E-state index in [-0.39, 0.29) is 12.0 Å². The number of hydrogen-bond acceptors (Lipinski definition) is 8. The van der Waals surface area contributed by atoms with Crippen LogP contribution in [0.4, 0.5) is 22.1 Å². The van der Waals surface area contributed by atoms with Crippen LogP contribution in [0.1, 0.15) is 42.1 Å². The summed E-state index contributed by atoms with van der Waals surface area (Å²) in [6.07, 6.45) is 5.31. The van der Waals surface area contributed by atoms with E-state index in [2.05, 4.69) is 30.8 Å². The highest BCUT2D eigenvalue weighted by Gasteiger charge is 2.17.